The van der Waals surface area contributed by atoms with E-state index >= 15 is 0 Å². The monoisotopic (exact) mass is 223 g/mol. The van der Waals surface area contributed by atoms with Crippen LogP contribution in [0.2, 0.25) is 0 Å². The van der Waals surface area contributed by atoms with Crippen LogP contribution in [0, 0.1) is 0 Å². The third kappa shape index (κ3) is 1.60. The van der Waals surface area contributed by atoms with Crippen LogP contribution in [0.25, 0.3) is 10.9 Å². The molecule has 78 valence electrons. The van der Waals surface area contributed by atoms with E-state index in [0.29, 0.717) is 16.9 Å². The number of hydrogen-bond donors (Lipinski definition) is 1. The molecule has 0 aliphatic carbocycles. The summed E-state index contributed by atoms with van der Waals surface area (Å²) >= 11 is -1.62. The molecule has 0 unspecified atom stereocenters. The van der Waals surface area contributed by atoms with Crippen LogP contribution in [0.5, 0.6) is 0 Å². The van der Waals surface area contributed by atoms with Gasteiger partial charge in [-0.05, 0) is 6.07 Å². The second-order valence-electron chi connectivity index (χ2n) is 2.93. The van der Waals surface area contributed by atoms with E-state index in [0.717, 1.165) is 10.9 Å². The smallest absolute Gasteiger partial charge is 0.206 e. The summed E-state index contributed by atoms with van der Waals surface area (Å²) in [6.45, 7) is 0. The number of aromatic amines is 1. The number of aromatic nitrogens is 1. The van der Waals surface area contributed by atoms with Crippen LogP contribution >= 0.6 is 0 Å². The topological polar surface area (TPSA) is 59.2 Å². The zero-order chi connectivity index (χ0) is 10.8. The molecule has 1 heterocycles. The summed E-state index contributed by atoms with van der Waals surface area (Å²) in [6.07, 6.45) is 0.686. The lowest BCUT2D eigenvalue weighted by molar-refractivity contribution is 0.112. The van der Waals surface area contributed by atoms with E-state index in [1.807, 2.05) is 18.2 Å². The number of benzene rings is 1. The Kier molecular flexibility index (Phi) is 2.66. The molecule has 2 aromatic rings. The van der Waals surface area contributed by atoms with Gasteiger partial charge in [0.1, 0.15) is 5.03 Å². The summed E-state index contributed by atoms with van der Waals surface area (Å²) in [5, 5.41) is 1.07. The minimum absolute atomic E-state index is 0.314. The minimum atomic E-state index is -1.62. The van der Waals surface area contributed by atoms with E-state index in [1.54, 1.807) is 6.07 Å². The molecule has 0 spiro atoms. The number of aldehydes is 1. The van der Waals surface area contributed by atoms with Crippen LogP contribution in [-0.2, 0) is 15.3 Å². The lowest BCUT2D eigenvalue weighted by Gasteiger charge is -1.94. The second kappa shape index (κ2) is 3.96. The quantitative estimate of drug-likeness (QED) is 0.805. The van der Waals surface area contributed by atoms with Crippen LogP contribution in [-0.4, -0.2) is 22.6 Å². The first-order valence-electron chi connectivity index (χ1n) is 4.30. The Balaban J connectivity index is 2.74. The summed E-state index contributed by atoms with van der Waals surface area (Å²) in [6, 6.07) is 7.28. The molecular weight excluding hydrogens is 214 g/mol. The van der Waals surface area contributed by atoms with Crippen molar-refractivity contribution in [3.05, 3.63) is 29.8 Å². The van der Waals surface area contributed by atoms with Crippen LogP contribution in [0.3, 0.4) is 0 Å². The predicted octanol–water partition coefficient (Wildman–Crippen LogP) is 1.65. The van der Waals surface area contributed by atoms with Gasteiger partial charge in [0.05, 0.1) is 12.7 Å². The Morgan fingerprint density at radius 2 is 2.13 bits per heavy atom. The molecule has 0 aliphatic rings. The van der Waals surface area contributed by atoms with E-state index < -0.39 is 11.1 Å². The first-order valence-corrected chi connectivity index (χ1v) is 5.37. The standard InChI is InChI=1S/C10H9NO3S/c1-14-15(13)10-8(6-12)7-4-2-3-5-9(7)11-10/h2-6,11H,1H3/t15-/m1/s1. The van der Waals surface area contributed by atoms with Crippen molar-refractivity contribution in [2.75, 3.05) is 7.11 Å². The second-order valence-corrected chi connectivity index (χ2v) is 4.14. The van der Waals surface area contributed by atoms with Gasteiger partial charge in [0.15, 0.2) is 6.29 Å². The van der Waals surface area contributed by atoms with Crippen molar-refractivity contribution in [2.24, 2.45) is 0 Å². The van der Waals surface area contributed by atoms with E-state index in [-0.39, 0.29) is 0 Å². The maximum absolute atomic E-state index is 11.5. The third-order valence-electron chi connectivity index (χ3n) is 2.15. The molecule has 15 heavy (non-hydrogen) atoms. The first-order chi connectivity index (χ1) is 7.27. The highest BCUT2D eigenvalue weighted by molar-refractivity contribution is 7.80. The highest BCUT2D eigenvalue weighted by Crippen LogP contribution is 2.23. The van der Waals surface area contributed by atoms with Crippen molar-refractivity contribution in [2.45, 2.75) is 5.03 Å². The van der Waals surface area contributed by atoms with Crippen LogP contribution < -0.4 is 0 Å². The zero-order valence-corrected chi connectivity index (χ0v) is 8.84. The van der Waals surface area contributed by atoms with E-state index in [2.05, 4.69) is 4.98 Å². The fourth-order valence-corrected chi connectivity index (χ4v) is 2.17. The summed E-state index contributed by atoms with van der Waals surface area (Å²) in [7, 11) is 1.33. The maximum atomic E-state index is 11.5. The van der Waals surface area contributed by atoms with Crippen LogP contribution in [0.15, 0.2) is 29.3 Å². The summed E-state index contributed by atoms with van der Waals surface area (Å²) in [5.74, 6) is 0. The Labute approximate surface area is 88.9 Å². The Hall–Kier alpha value is -1.46. The highest BCUT2D eigenvalue weighted by Gasteiger charge is 2.15. The van der Waals surface area contributed by atoms with Gasteiger partial charge >= 0.3 is 0 Å². The molecule has 2 rings (SSSR count). The number of nitrogens with one attached hydrogen (secondary N) is 1. The fraction of sp³-hybridized carbons (Fsp3) is 0.100. The van der Waals surface area contributed by atoms with Crippen molar-refractivity contribution >= 4 is 28.3 Å². The SMILES string of the molecule is CO[S@@](=O)c1[nH]c2ccccc2c1C=O. The van der Waals surface area contributed by atoms with Crippen molar-refractivity contribution in [1.29, 1.82) is 0 Å². The molecular formula is C10H9NO3S. The lowest BCUT2D eigenvalue weighted by atomic mass is 10.2. The predicted molar refractivity (Wildman–Crippen MR) is 57.1 cm³/mol. The molecule has 0 saturated carbocycles. The molecule has 0 amide bonds. The summed E-state index contributed by atoms with van der Waals surface area (Å²) in [5.41, 5.74) is 1.17. The summed E-state index contributed by atoms with van der Waals surface area (Å²) in [4.78, 5) is 13.8. The molecule has 0 fully saturated rings. The zero-order valence-electron chi connectivity index (χ0n) is 8.02. The highest BCUT2D eigenvalue weighted by atomic mass is 32.2. The van der Waals surface area contributed by atoms with Crippen molar-refractivity contribution in [3.63, 3.8) is 0 Å². The molecule has 1 N–H and O–H groups in total. The summed E-state index contributed by atoms with van der Waals surface area (Å²) < 4.78 is 16.2. The number of carbonyl (C=O) groups excluding carboxylic acids is 1. The third-order valence-corrected chi connectivity index (χ3v) is 3.10. The maximum Gasteiger partial charge on any atom is 0.206 e. The molecule has 0 radical (unpaired) electrons. The van der Waals surface area contributed by atoms with Crippen LogP contribution in [0.4, 0.5) is 0 Å². The number of fused-ring (bicyclic) bond motifs is 1. The van der Waals surface area contributed by atoms with Gasteiger partial charge in [0.25, 0.3) is 0 Å². The van der Waals surface area contributed by atoms with Gasteiger partial charge in [-0.2, -0.15) is 0 Å². The molecule has 1 atom stereocenters. The van der Waals surface area contributed by atoms with Gasteiger partial charge in [-0.25, -0.2) is 4.21 Å². The normalized spacial score (nSPS) is 12.9. The van der Waals surface area contributed by atoms with Crippen molar-refractivity contribution in [1.82, 2.24) is 4.98 Å². The number of H-pyrrole nitrogens is 1. The van der Waals surface area contributed by atoms with E-state index in [1.165, 1.54) is 7.11 Å². The molecule has 1 aromatic heterocycles. The molecule has 4 nitrogen and oxygen atoms in total. The molecule has 5 heteroatoms. The van der Waals surface area contributed by atoms with Gasteiger partial charge in [-0.15, -0.1) is 0 Å². The molecule has 1 aromatic carbocycles. The Morgan fingerprint density at radius 3 is 2.80 bits per heavy atom. The minimum Gasteiger partial charge on any atom is -0.345 e. The van der Waals surface area contributed by atoms with E-state index in [4.69, 9.17) is 4.18 Å². The molecule has 0 aliphatic heterocycles. The van der Waals surface area contributed by atoms with Gasteiger partial charge in [-0.1, -0.05) is 18.2 Å². The number of rotatable bonds is 3. The Bertz CT molecular complexity index is 532. The van der Waals surface area contributed by atoms with Gasteiger partial charge in [0, 0.05) is 10.9 Å². The first kappa shape index (κ1) is 10.1. The van der Waals surface area contributed by atoms with E-state index in [9.17, 15) is 9.00 Å². The lowest BCUT2D eigenvalue weighted by Crippen LogP contribution is -1.97. The van der Waals surface area contributed by atoms with Gasteiger partial charge in [-0.3, -0.25) is 8.98 Å². The van der Waals surface area contributed by atoms with Crippen molar-refractivity contribution < 1.29 is 13.2 Å². The van der Waals surface area contributed by atoms with Gasteiger partial charge < -0.3 is 4.98 Å². The molecule has 0 bridgehead atoms. The number of carbonyl (C=O) groups is 1. The fourth-order valence-electron chi connectivity index (χ4n) is 1.47. The average Bonchev–Trinajstić information content (AvgIpc) is 2.66. The largest absolute Gasteiger partial charge is 0.345 e. The van der Waals surface area contributed by atoms with Crippen LogP contribution in [0.1, 0.15) is 10.4 Å². The van der Waals surface area contributed by atoms with Crippen molar-refractivity contribution in [3.8, 4) is 0 Å². The molecule has 0 saturated heterocycles. The number of para-hydroxylation sites is 1. The number of hydrogen-bond acceptors (Lipinski definition) is 3. The average molecular weight is 223 g/mol. The van der Waals surface area contributed by atoms with Gasteiger partial charge in [0.2, 0.25) is 11.1 Å². The Morgan fingerprint density at radius 1 is 1.40 bits per heavy atom.